The first-order valence-electron chi connectivity index (χ1n) is 7.51. The lowest BCUT2D eigenvalue weighted by Gasteiger charge is -2.20. The maximum Gasteiger partial charge on any atom is 0.530 e. The molecule has 0 bridgehead atoms. The quantitative estimate of drug-likeness (QED) is 0.452. The summed E-state index contributed by atoms with van der Waals surface area (Å²) in [6.45, 7) is 0. The fraction of sp³-hybridized carbons (Fsp3) is 0. The highest BCUT2D eigenvalue weighted by Crippen LogP contribution is 2.46. The van der Waals surface area contributed by atoms with Crippen LogP contribution in [-0.2, 0) is 0 Å². The van der Waals surface area contributed by atoms with Gasteiger partial charge in [0.15, 0.2) is 17.2 Å². The third kappa shape index (κ3) is 4.25. The molecule has 0 fully saturated rings. The Labute approximate surface area is 147 Å². The molecule has 0 saturated carbocycles. The van der Waals surface area contributed by atoms with Crippen molar-refractivity contribution in [3.8, 4) is 17.2 Å². The topological polar surface area (TPSA) is 106 Å². The van der Waals surface area contributed by atoms with Gasteiger partial charge in [-0.25, -0.2) is 0 Å². The van der Waals surface area contributed by atoms with Gasteiger partial charge in [0.25, 0.3) is 0 Å². The molecule has 3 aromatic rings. The summed E-state index contributed by atoms with van der Waals surface area (Å²) in [5.74, 6) is 1.37. The molecule has 0 aliphatic rings. The summed E-state index contributed by atoms with van der Waals surface area (Å²) in [5.41, 5.74) is 19.2. The van der Waals surface area contributed by atoms with Crippen molar-refractivity contribution < 1.29 is 13.6 Å². The van der Waals surface area contributed by atoms with Gasteiger partial charge in [-0.2, -0.15) is 0 Å². The highest BCUT2D eigenvalue weighted by atomic mass is 31.2. The van der Waals surface area contributed by atoms with E-state index in [9.17, 15) is 0 Å². The predicted molar refractivity (Wildman–Crippen MR) is 101 cm³/mol. The number of nitrogens with two attached hydrogens (primary N) is 3. The Kier molecular flexibility index (Phi) is 5.11. The molecule has 0 saturated heterocycles. The van der Waals surface area contributed by atoms with Crippen molar-refractivity contribution in [1.82, 2.24) is 0 Å². The number of para-hydroxylation sites is 6. The molecule has 3 rings (SSSR count). The van der Waals surface area contributed by atoms with Gasteiger partial charge < -0.3 is 30.8 Å². The van der Waals surface area contributed by atoms with Crippen molar-refractivity contribution in [1.29, 1.82) is 0 Å². The van der Waals surface area contributed by atoms with Gasteiger partial charge in [0.1, 0.15) is 0 Å². The van der Waals surface area contributed by atoms with Crippen LogP contribution in [0.5, 0.6) is 17.2 Å². The summed E-state index contributed by atoms with van der Waals surface area (Å²) in [5, 5.41) is 0. The van der Waals surface area contributed by atoms with Crippen LogP contribution in [0.1, 0.15) is 0 Å². The Hall–Kier alpha value is -3.11. The number of anilines is 3. The molecule has 6 nitrogen and oxygen atoms in total. The minimum absolute atomic E-state index is 0.456. The van der Waals surface area contributed by atoms with Crippen LogP contribution in [0.3, 0.4) is 0 Å². The summed E-state index contributed by atoms with van der Waals surface area (Å²) in [7, 11) is -1.88. The molecular weight excluding hydrogens is 337 g/mol. The molecule has 128 valence electrons. The molecule has 0 aromatic heterocycles. The standard InChI is InChI=1S/C18H18N3O3P/c19-13-7-1-4-10-16(13)22-25(23-17-11-5-2-8-14(17)20)24-18-12-6-3-9-15(18)21/h1-12H,19-21H2. The van der Waals surface area contributed by atoms with Crippen molar-refractivity contribution in [2.45, 2.75) is 0 Å². The highest BCUT2D eigenvalue weighted by Gasteiger charge is 2.22. The zero-order valence-corrected chi connectivity index (χ0v) is 14.2. The molecule has 0 amide bonds. The van der Waals surface area contributed by atoms with Crippen molar-refractivity contribution in [2.24, 2.45) is 0 Å². The van der Waals surface area contributed by atoms with E-state index in [1.54, 1.807) is 36.4 Å². The van der Waals surface area contributed by atoms with Crippen molar-refractivity contribution in [3.63, 3.8) is 0 Å². The Balaban J connectivity index is 1.86. The van der Waals surface area contributed by atoms with Crippen LogP contribution in [-0.4, -0.2) is 0 Å². The fourth-order valence-corrected chi connectivity index (χ4v) is 3.08. The number of nitrogen functional groups attached to an aromatic ring is 3. The van der Waals surface area contributed by atoms with E-state index in [2.05, 4.69) is 0 Å². The van der Waals surface area contributed by atoms with E-state index in [1.807, 2.05) is 36.4 Å². The molecule has 6 N–H and O–H groups in total. The molecule has 0 atom stereocenters. The highest BCUT2D eigenvalue weighted by molar-refractivity contribution is 7.43. The third-order valence-corrected chi connectivity index (χ3v) is 4.31. The molecule has 0 spiro atoms. The first-order valence-corrected chi connectivity index (χ1v) is 8.60. The van der Waals surface area contributed by atoms with Crippen molar-refractivity contribution in [2.75, 3.05) is 17.2 Å². The van der Waals surface area contributed by atoms with E-state index in [1.165, 1.54) is 0 Å². The smallest absolute Gasteiger partial charge is 0.406 e. The van der Waals surface area contributed by atoms with Crippen LogP contribution in [0.25, 0.3) is 0 Å². The minimum atomic E-state index is -1.88. The largest absolute Gasteiger partial charge is 0.530 e. The summed E-state index contributed by atoms with van der Waals surface area (Å²) in [6.07, 6.45) is 0. The maximum absolute atomic E-state index is 5.94. The van der Waals surface area contributed by atoms with E-state index in [0.717, 1.165) is 0 Å². The first-order chi connectivity index (χ1) is 12.1. The number of benzene rings is 3. The molecule has 0 aliphatic heterocycles. The lowest BCUT2D eigenvalue weighted by atomic mass is 10.3. The van der Waals surface area contributed by atoms with Crippen molar-refractivity contribution in [3.05, 3.63) is 72.8 Å². The molecule has 0 heterocycles. The second kappa shape index (κ2) is 7.64. The van der Waals surface area contributed by atoms with Gasteiger partial charge in [-0.1, -0.05) is 36.4 Å². The van der Waals surface area contributed by atoms with E-state index in [0.29, 0.717) is 34.3 Å². The van der Waals surface area contributed by atoms with Crippen LogP contribution in [0, 0.1) is 0 Å². The van der Waals surface area contributed by atoms with Gasteiger partial charge in [0, 0.05) is 0 Å². The third-order valence-electron chi connectivity index (χ3n) is 3.28. The number of hydrogen-bond donors (Lipinski definition) is 3. The second-order valence-corrected chi connectivity index (χ2v) is 6.11. The fourth-order valence-electron chi connectivity index (χ4n) is 1.99. The Bertz CT molecular complexity index is 747. The van der Waals surface area contributed by atoms with Gasteiger partial charge in [0.2, 0.25) is 0 Å². The Morgan fingerprint density at radius 3 is 1.04 bits per heavy atom. The zero-order chi connectivity index (χ0) is 17.6. The van der Waals surface area contributed by atoms with Crippen LogP contribution < -0.4 is 30.8 Å². The van der Waals surface area contributed by atoms with Gasteiger partial charge in [-0.05, 0) is 36.4 Å². The minimum Gasteiger partial charge on any atom is -0.406 e. The maximum atomic E-state index is 5.94. The lowest BCUT2D eigenvalue weighted by molar-refractivity contribution is 0.390. The molecule has 3 aromatic carbocycles. The average molecular weight is 355 g/mol. The molecule has 0 radical (unpaired) electrons. The predicted octanol–water partition coefficient (Wildman–Crippen LogP) is 4.20. The van der Waals surface area contributed by atoms with Gasteiger partial charge in [-0.15, -0.1) is 0 Å². The molecule has 0 aliphatic carbocycles. The monoisotopic (exact) mass is 355 g/mol. The molecular formula is C18H18N3O3P. The number of rotatable bonds is 6. The van der Waals surface area contributed by atoms with E-state index >= 15 is 0 Å². The first kappa shape index (κ1) is 16.7. The van der Waals surface area contributed by atoms with Gasteiger partial charge in [-0.3, -0.25) is 0 Å². The van der Waals surface area contributed by atoms with Crippen LogP contribution in [0.15, 0.2) is 72.8 Å². The normalized spacial score (nSPS) is 10.4. The summed E-state index contributed by atoms with van der Waals surface area (Å²) in [6, 6.07) is 21.3. The van der Waals surface area contributed by atoms with Gasteiger partial charge >= 0.3 is 8.60 Å². The van der Waals surface area contributed by atoms with E-state index in [-0.39, 0.29) is 0 Å². The number of hydrogen-bond acceptors (Lipinski definition) is 6. The van der Waals surface area contributed by atoms with Crippen LogP contribution >= 0.6 is 8.60 Å². The van der Waals surface area contributed by atoms with Crippen molar-refractivity contribution >= 4 is 25.7 Å². The molecule has 7 heteroatoms. The summed E-state index contributed by atoms with van der Waals surface area (Å²) >= 11 is 0. The van der Waals surface area contributed by atoms with E-state index in [4.69, 9.17) is 30.8 Å². The van der Waals surface area contributed by atoms with Crippen LogP contribution in [0.2, 0.25) is 0 Å². The average Bonchev–Trinajstić information content (AvgIpc) is 2.61. The summed E-state index contributed by atoms with van der Waals surface area (Å²) < 4.78 is 17.5. The molecule has 0 unspecified atom stereocenters. The Morgan fingerprint density at radius 2 is 0.760 bits per heavy atom. The SMILES string of the molecule is Nc1ccccc1OP(Oc1ccccc1N)Oc1ccccc1N. The zero-order valence-electron chi connectivity index (χ0n) is 13.3. The Morgan fingerprint density at radius 1 is 0.480 bits per heavy atom. The lowest BCUT2D eigenvalue weighted by Crippen LogP contribution is -2.05. The van der Waals surface area contributed by atoms with Crippen LogP contribution in [0.4, 0.5) is 17.1 Å². The summed E-state index contributed by atoms with van der Waals surface area (Å²) in [4.78, 5) is 0. The van der Waals surface area contributed by atoms with Gasteiger partial charge in [0.05, 0.1) is 17.1 Å². The molecule has 25 heavy (non-hydrogen) atoms. The second-order valence-electron chi connectivity index (χ2n) is 5.11. The van der Waals surface area contributed by atoms with E-state index < -0.39 is 8.60 Å².